The van der Waals surface area contributed by atoms with Gasteiger partial charge in [0.15, 0.2) is 0 Å². The van der Waals surface area contributed by atoms with Gasteiger partial charge in [-0.2, -0.15) is 0 Å². The fraction of sp³-hybridized carbons (Fsp3) is 0.533. The van der Waals surface area contributed by atoms with E-state index in [1.165, 1.54) is 24.6 Å². The molecule has 1 fully saturated rings. The highest BCUT2D eigenvalue weighted by molar-refractivity contribution is 6.34. The number of halogens is 1. The second-order valence-electron chi connectivity index (χ2n) is 5.77. The molecule has 0 bridgehead atoms. The maximum Gasteiger partial charge on any atom is 0.270 e. The van der Waals surface area contributed by atoms with Crippen LogP contribution >= 0.6 is 11.6 Å². The van der Waals surface area contributed by atoms with E-state index in [0.29, 0.717) is 11.8 Å². The fourth-order valence-corrected chi connectivity index (χ4v) is 3.09. The summed E-state index contributed by atoms with van der Waals surface area (Å²) in [5.74, 6) is 0.733. The third-order valence-corrected chi connectivity index (χ3v) is 4.74. The van der Waals surface area contributed by atoms with Gasteiger partial charge >= 0.3 is 0 Å². The van der Waals surface area contributed by atoms with Gasteiger partial charge < -0.3 is 5.32 Å². The minimum atomic E-state index is -0.529. The van der Waals surface area contributed by atoms with Crippen molar-refractivity contribution in [3.63, 3.8) is 0 Å². The van der Waals surface area contributed by atoms with Crippen molar-refractivity contribution in [3.8, 4) is 0 Å². The third-order valence-electron chi connectivity index (χ3n) is 4.43. The molecule has 1 aliphatic carbocycles. The van der Waals surface area contributed by atoms with Crippen LogP contribution in [0.3, 0.4) is 0 Å². The molecule has 0 aliphatic heterocycles. The average Bonchev–Trinajstić information content (AvgIpc) is 2.43. The Morgan fingerprint density at radius 3 is 2.71 bits per heavy atom. The van der Waals surface area contributed by atoms with Crippen LogP contribution in [0.25, 0.3) is 0 Å². The molecule has 1 N–H and O–H groups in total. The van der Waals surface area contributed by atoms with Crippen molar-refractivity contribution in [1.29, 1.82) is 0 Å². The molecule has 3 atom stereocenters. The molecule has 6 heteroatoms. The molecule has 0 spiro atoms. The molecule has 0 heterocycles. The highest BCUT2D eigenvalue weighted by Gasteiger charge is 2.29. The summed E-state index contributed by atoms with van der Waals surface area (Å²) in [4.78, 5) is 22.4. The Morgan fingerprint density at radius 1 is 1.38 bits per heavy atom. The molecule has 1 aromatic rings. The normalized spacial score (nSPS) is 25.4. The van der Waals surface area contributed by atoms with Crippen molar-refractivity contribution in [2.45, 2.75) is 39.2 Å². The summed E-state index contributed by atoms with van der Waals surface area (Å²) in [6.45, 7) is 4.34. The van der Waals surface area contributed by atoms with E-state index < -0.39 is 4.92 Å². The minimum absolute atomic E-state index is 0.109. The Morgan fingerprint density at radius 2 is 2.10 bits per heavy atom. The van der Waals surface area contributed by atoms with Crippen LogP contribution in [0.1, 0.15) is 43.5 Å². The summed E-state index contributed by atoms with van der Waals surface area (Å²) in [6, 6.07) is 4.05. The van der Waals surface area contributed by atoms with E-state index in [1.54, 1.807) is 0 Å². The number of nitro groups is 1. The number of amides is 1. The van der Waals surface area contributed by atoms with E-state index in [2.05, 4.69) is 19.2 Å². The highest BCUT2D eigenvalue weighted by Crippen LogP contribution is 2.30. The van der Waals surface area contributed by atoms with Crippen molar-refractivity contribution in [3.05, 3.63) is 38.9 Å². The lowest BCUT2D eigenvalue weighted by molar-refractivity contribution is -0.384. The van der Waals surface area contributed by atoms with E-state index in [1.807, 2.05) is 0 Å². The van der Waals surface area contributed by atoms with E-state index in [9.17, 15) is 14.9 Å². The van der Waals surface area contributed by atoms with Crippen molar-refractivity contribution >= 4 is 23.2 Å². The van der Waals surface area contributed by atoms with Crippen LogP contribution in [-0.2, 0) is 0 Å². The summed E-state index contributed by atoms with van der Waals surface area (Å²) < 4.78 is 0. The standard InChI is InChI=1S/C15H19ClN2O3/c1-9-4-3-5-14(10(9)2)17-15(19)12-7-6-11(18(20)21)8-13(12)16/h6-10,14H,3-5H2,1-2H3,(H,17,19)/t9-,10-,14+/m1/s1. The maximum absolute atomic E-state index is 12.3. The zero-order valence-corrected chi connectivity index (χ0v) is 12.9. The summed E-state index contributed by atoms with van der Waals surface area (Å²) in [5.41, 5.74) is 0.170. The predicted molar refractivity (Wildman–Crippen MR) is 81.5 cm³/mol. The monoisotopic (exact) mass is 310 g/mol. The minimum Gasteiger partial charge on any atom is -0.349 e. The zero-order valence-electron chi connectivity index (χ0n) is 12.1. The van der Waals surface area contributed by atoms with E-state index >= 15 is 0 Å². The molecule has 21 heavy (non-hydrogen) atoms. The Labute approximate surface area is 128 Å². The fourth-order valence-electron chi connectivity index (χ4n) is 2.83. The van der Waals surface area contributed by atoms with Gasteiger partial charge in [-0.05, 0) is 24.3 Å². The summed E-state index contributed by atoms with van der Waals surface area (Å²) in [6.07, 6.45) is 3.25. The molecule has 1 aliphatic rings. The number of rotatable bonds is 3. The van der Waals surface area contributed by atoms with E-state index in [4.69, 9.17) is 11.6 Å². The maximum atomic E-state index is 12.3. The largest absolute Gasteiger partial charge is 0.349 e. The van der Waals surface area contributed by atoms with Gasteiger partial charge in [-0.15, -0.1) is 0 Å². The van der Waals surface area contributed by atoms with Crippen LogP contribution < -0.4 is 5.32 Å². The third kappa shape index (κ3) is 3.53. The quantitative estimate of drug-likeness (QED) is 0.681. The van der Waals surface area contributed by atoms with Crippen LogP contribution in [-0.4, -0.2) is 16.9 Å². The van der Waals surface area contributed by atoms with Gasteiger partial charge in [-0.3, -0.25) is 14.9 Å². The first kappa shape index (κ1) is 15.8. The molecule has 5 nitrogen and oxygen atoms in total. The molecule has 1 saturated carbocycles. The SMILES string of the molecule is C[C@@H]1[C@H](C)CCC[C@@H]1NC(=O)c1ccc([N+](=O)[O-])cc1Cl. The molecule has 0 aromatic heterocycles. The van der Waals surface area contributed by atoms with Gasteiger partial charge in [0.2, 0.25) is 0 Å². The topological polar surface area (TPSA) is 72.2 Å². The molecule has 0 saturated heterocycles. The average molecular weight is 311 g/mol. The van der Waals surface area contributed by atoms with Crippen LogP contribution in [0.5, 0.6) is 0 Å². The lowest BCUT2D eigenvalue weighted by atomic mass is 9.78. The summed E-state index contributed by atoms with van der Waals surface area (Å²) in [7, 11) is 0. The first-order valence-electron chi connectivity index (χ1n) is 7.15. The van der Waals surface area contributed by atoms with Gasteiger partial charge in [0, 0.05) is 18.2 Å². The van der Waals surface area contributed by atoms with Crippen LogP contribution in [0.4, 0.5) is 5.69 Å². The number of nitrogens with one attached hydrogen (secondary N) is 1. The van der Waals surface area contributed by atoms with Crippen molar-refractivity contribution in [2.24, 2.45) is 11.8 Å². The van der Waals surface area contributed by atoms with Crippen molar-refractivity contribution < 1.29 is 9.72 Å². The molecule has 0 radical (unpaired) electrons. The lowest BCUT2D eigenvalue weighted by Gasteiger charge is -2.34. The van der Waals surface area contributed by atoms with Crippen LogP contribution in [0.2, 0.25) is 5.02 Å². The number of nitrogens with zero attached hydrogens (tertiary/aromatic N) is 1. The van der Waals surface area contributed by atoms with Gasteiger partial charge in [0.1, 0.15) is 0 Å². The molecular formula is C15H19ClN2O3. The predicted octanol–water partition coefficient (Wildman–Crippen LogP) is 3.80. The number of carbonyl (C=O) groups excluding carboxylic acids is 1. The van der Waals surface area contributed by atoms with Crippen molar-refractivity contribution in [2.75, 3.05) is 0 Å². The summed E-state index contributed by atoms with van der Waals surface area (Å²) >= 11 is 5.99. The smallest absolute Gasteiger partial charge is 0.270 e. The molecular weight excluding hydrogens is 292 g/mol. The van der Waals surface area contributed by atoms with Crippen molar-refractivity contribution in [1.82, 2.24) is 5.32 Å². The van der Waals surface area contributed by atoms with Crippen LogP contribution in [0.15, 0.2) is 18.2 Å². The lowest BCUT2D eigenvalue weighted by Crippen LogP contribution is -2.43. The van der Waals surface area contributed by atoms with Gasteiger partial charge in [0.25, 0.3) is 11.6 Å². The van der Waals surface area contributed by atoms with E-state index in [0.717, 1.165) is 12.8 Å². The Bertz CT molecular complexity index is 562. The Kier molecular flexibility index (Phi) is 4.83. The van der Waals surface area contributed by atoms with Gasteiger partial charge in [0.05, 0.1) is 15.5 Å². The molecule has 1 aromatic carbocycles. The number of nitro benzene ring substituents is 1. The number of hydrogen-bond donors (Lipinski definition) is 1. The molecule has 0 unspecified atom stereocenters. The first-order chi connectivity index (χ1) is 9.90. The number of benzene rings is 1. The first-order valence-corrected chi connectivity index (χ1v) is 7.52. The number of carbonyl (C=O) groups is 1. The Hall–Kier alpha value is -1.62. The zero-order chi connectivity index (χ0) is 15.6. The highest BCUT2D eigenvalue weighted by atomic mass is 35.5. The number of hydrogen-bond acceptors (Lipinski definition) is 3. The second-order valence-corrected chi connectivity index (χ2v) is 6.18. The number of non-ortho nitro benzene ring substituents is 1. The molecule has 1 amide bonds. The van der Waals surface area contributed by atoms with Gasteiger partial charge in [-0.25, -0.2) is 0 Å². The Balaban J connectivity index is 2.11. The second kappa shape index (κ2) is 6.43. The van der Waals surface area contributed by atoms with Crippen LogP contribution in [0, 0.1) is 22.0 Å². The van der Waals surface area contributed by atoms with E-state index in [-0.39, 0.29) is 28.2 Å². The van der Waals surface area contributed by atoms with Gasteiger partial charge in [-0.1, -0.05) is 38.3 Å². The molecule has 2 rings (SSSR count). The summed E-state index contributed by atoms with van der Waals surface area (Å²) in [5, 5.41) is 13.8. The molecule has 114 valence electrons.